The summed E-state index contributed by atoms with van der Waals surface area (Å²) in [6, 6.07) is 6.81. The Bertz CT molecular complexity index is 3210. The van der Waals surface area contributed by atoms with Crippen LogP contribution < -0.4 is 60.7 Å². The van der Waals surface area contributed by atoms with Crippen molar-refractivity contribution >= 4 is 75.0 Å². The fourth-order valence-corrected chi connectivity index (χ4v) is 8.40. The molecule has 2 saturated heterocycles. The van der Waals surface area contributed by atoms with Gasteiger partial charge >= 0.3 is 0 Å². The molecule has 8 aromatic rings. The largest absolute Gasteiger partial charge is 0.493 e. The van der Waals surface area contributed by atoms with Crippen LogP contribution in [0, 0.1) is 0 Å². The number of methoxy groups -OCH3 is 6. The standard InChI is InChI=1S/C23H27N9O4.C18H18ClN7O3.C5H10N2O.2CH4/c1-30-11-26-18-21(28-23(29-22(18)30)32-7-5-6-14(32)20(24)33)27-17-10-31(12-25-17)13-8-15(34-2)19(36-4)16(9-13)35-3;1-25-8-21-14-16(23-18(19)24-17(14)25)22-13-7-26(9-20-13)10-5-11(27-2)15(29-4)12(6-10)28-3;6-5(8)4-2-1-3-7-4;;/h8-12,14H,5-7H2,1-4H3,(H2,24,33)(H,27,28,29);5-9H,1-4H3,(H,22,23,24);4,7H,1-3H2,(H2,6,8);2*1H4/t14-;;4-;;/m0.0../s1. The molecule has 0 bridgehead atoms. The lowest BCUT2D eigenvalue weighted by molar-refractivity contribution is -0.120. The molecule has 0 aliphatic carbocycles. The van der Waals surface area contributed by atoms with E-state index in [1.807, 2.05) is 52.4 Å². The van der Waals surface area contributed by atoms with Gasteiger partial charge in [-0.15, -0.1) is 0 Å². The molecule has 2 fully saturated rings. The Balaban J connectivity index is 0.000000210. The van der Waals surface area contributed by atoms with E-state index in [0.29, 0.717) is 99.0 Å². The van der Waals surface area contributed by atoms with Crippen LogP contribution in [0.25, 0.3) is 33.7 Å². The lowest BCUT2D eigenvalue weighted by Gasteiger charge is -2.22. The second-order valence-electron chi connectivity index (χ2n) is 16.4. The zero-order chi connectivity index (χ0) is 51.9. The second kappa shape index (κ2) is 24.4. The van der Waals surface area contributed by atoms with Gasteiger partial charge in [-0.05, 0) is 43.8 Å². The number of aromatic nitrogens is 12. The third-order valence-corrected chi connectivity index (χ3v) is 12.0. The van der Waals surface area contributed by atoms with Crippen molar-refractivity contribution < 1.29 is 38.0 Å². The van der Waals surface area contributed by atoms with Gasteiger partial charge in [-0.2, -0.15) is 19.9 Å². The summed E-state index contributed by atoms with van der Waals surface area (Å²) >= 11 is 6.05. The molecule has 10 rings (SSSR count). The van der Waals surface area contributed by atoms with Crippen LogP contribution in [0.1, 0.15) is 40.5 Å². The van der Waals surface area contributed by atoms with Crippen LogP contribution in [0.2, 0.25) is 5.28 Å². The highest BCUT2D eigenvalue weighted by atomic mass is 35.5. The topological polar surface area (TPSA) is 304 Å². The molecule has 0 spiro atoms. The van der Waals surface area contributed by atoms with Crippen molar-refractivity contribution in [3.8, 4) is 45.9 Å². The SMILES string of the molecule is C.C.COc1cc(-n2cnc(Nc3nc(Cl)nc4c3ncn4C)c2)cc(OC)c1OC.COc1cc(-n2cnc(Nc3nc(N4CCC[C@H]4C(N)=O)nc4c3ncn4C)c2)cc(OC)c1OC.NC(=O)[C@@H]1CCCN1. The number of carbonyl (C=O) groups excluding carboxylic acids is 2. The Morgan fingerprint density at radius 1 is 0.627 bits per heavy atom. The number of nitrogens with two attached hydrogens (primary N) is 2. The number of imidazole rings is 4. The van der Waals surface area contributed by atoms with E-state index in [1.54, 1.807) is 89.5 Å². The quantitative estimate of drug-likeness (QED) is 0.0820. The Labute approximate surface area is 437 Å². The van der Waals surface area contributed by atoms with Gasteiger partial charge in [-0.25, -0.2) is 19.9 Å². The average molecular weight is 1060 g/mol. The van der Waals surface area contributed by atoms with Crippen molar-refractivity contribution in [2.45, 2.75) is 52.6 Å². The molecule has 0 radical (unpaired) electrons. The number of nitrogens with zero attached hydrogens (tertiary/aromatic N) is 13. The second-order valence-corrected chi connectivity index (χ2v) is 16.8. The van der Waals surface area contributed by atoms with Crippen molar-refractivity contribution in [2.75, 3.05) is 71.3 Å². The molecule has 2 atom stereocenters. The summed E-state index contributed by atoms with van der Waals surface area (Å²) in [6.07, 6.45) is 13.7. The zero-order valence-electron chi connectivity index (χ0n) is 41.3. The normalized spacial score (nSPS) is 14.6. The van der Waals surface area contributed by atoms with Gasteiger partial charge in [-0.3, -0.25) is 9.59 Å². The molecule has 0 saturated carbocycles. The number of rotatable bonds is 15. The lowest BCUT2D eigenvalue weighted by Crippen LogP contribution is -2.41. The Kier molecular flexibility index (Phi) is 18.1. The van der Waals surface area contributed by atoms with E-state index < -0.39 is 6.04 Å². The number of primary amides is 2. The van der Waals surface area contributed by atoms with Gasteiger partial charge in [0.25, 0.3) is 0 Å². The minimum Gasteiger partial charge on any atom is -0.493 e. The lowest BCUT2D eigenvalue weighted by atomic mass is 10.2. The van der Waals surface area contributed by atoms with Crippen molar-refractivity contribution in [1.29, 1.82) is 0 Å². The van der Waals surface area contributed by atoms with E-state index in [-0.39, 0.29) is 38.0 Å². The first kappa shape index (κ1) is 55.7. The molecular formula is C48H63ClN18O8. The van der Waals surface area contributed by atoms with E-state index in [4.69, 9.17) is 56.5 Å². The molecule has 2 aliphatic heterocycles. The van der Waals surface area contributed by atoms with Crippen LogP contribution in [0.3, 0.4) is 0 Å². The van der Waals surface area contributed by atoms with E-state index in [2.05, 4.69) is 50.8 Å². The van der Waals surface area contributed by atoms with Crippen LogP contribution in [-0.2, 0) is 23.7 Å². The van der Waals surface area contributed by atoms with Crippen LogP contribution in [0.4, 0.5) is 29.2 Å². The molecule has 75 heavy (non-hydrogen) atoms. The van der Waals surface area contributed by atoms with Crippen molar-refractivity contribution in [3.05, 3.63) is 67.3 Å². The van der Waals surface area contributed by atoms with Crippen LogP contribution in [-0.4, -0.2) is 138 Å². The fourth-order valence-electron chi connectivity index (χ4n) is 8.24. The van der Waals surface area contributed by atoms with Crippen molar-refractivity contribution in [2.24, 2.45) is 25.6 Å². The van der Waals surface area contributed by atoms with Gasteiger partial charge in [-0.1, -0.05) is 14.9 Å². The van der Waals surface area contributed by atoms with Gasteiger partial charge in [0.05, 0.1) is 85.1 Å². The summed E-state index contributed by atoms with van der Waals surface area (Å²) in [5.74, 6) is 5.01. The van der Waals surface area contributed by atoms with Gasteiger partial charge in [0.1, 0.15) is 30.3 Å². The number of nitrogens with one attached hydrogen (secondary N) is 3. The molecule has 400 valence electrons. The number of anilines is 5. The third-order valence-electron chi connectivity index (χ3n) is 11.9. The Hall–Kier alpha value is -8.65. The Morgan fingerprint density at radius 2 is 1.11 bits per heavy atom. The van der Waals surface area contributed by atoms with Crippen LogP contribution >= 0.6 is 11.6 Å². The number of benzene rings is 2. The molecule has 0 unspecified atom stereocenters. The average Bonchev–Trinajstić information content (AvgIpc) is 4.27. The molecule has 6 aromatic heterocycles. The van der Waals surface area contributed by atoms with E-state index in [9.17, 15) is 9.59 Å². The number of ether oxygens (including phenoxy) is 6. The zero-order valence-corrected chi connectivity index (χ0v) is 42.0. The molecule has 7 N–H and O–H groups in total. The summed E-state index contributed by atoms with van der Waals surface area (Å²) in [7, 11) is 13.1. The minimum absolute atomic E-state index is 0. The highest BCUT2D eigenvalue weighted by molar-refractivity contribution is 6.28. The first-order valence-corrected chi connectivity index (χ1v) is 23.0. The summed E-state index contributed by atoms with van der Waals surface area (Å²) in [4.78, 5) is 59.6. The summed E-state index contributed by atoms with van der Waals surface area (Å²) < 4.78 is 39.7. The predicted octanol–water partition coefficient (Wildman–Crippen LogP) is 5.24. The summed E-state index contributed by atoms with van der Waals surface area (Å²) in [5.41, 5.74) is 14.6. The van der Waals surface area contributed by atoms with Gasteiger partial charge in [0, 0.05) is 44.9 Å². The van der Waals surface area contributed by atoms with E-state index in [0.717, 1.165) is 37.2 Å². The highest BCUT2D eigenvalue weighted by Crippen LogP contribution is 2.41. The first-order valence-electron chi connectivity index (χ1n) is 22.6. The first-order chi connectivity index (χ1) is 35.3. The number of carbonyl (C=O) groups is 2. The van der Waals surface area contributed by atoms with Gasteiger partial charge in [0.15, 0.2) is 57.0 Å². The summed E-state index contributed by atoms with van der Waals surface area (Å²) in [6.45, 7) is 1.58. The van der Waals surface area contributed by atoms with Crippen LogP contribution in [0.15, 0.2) is 62.0 Å². The maximum Gasteiger partial charge on any atom is 0.240 e. The molecule has 8 heterocycles. The predicted molar refractivity (Wildman–Crippen MR) is 284 cm³/mol. The Morgan fingerprint density at radius 3 is 1.52 bits per heavy atom. The fraction of sp³-hybridized carbons (Fsp3) is 0.375. The van der Waals surface area contributed by atoms with Crippen LogP contribution in [0.5, 0.6) is 34.5 Å². The smallest absolute Gasteiger partial charge is 0.240 e. The maximum atomic E-state index is 12.0. The number of halogens is 1. The molecular weight excluding hydrogens is 992 g/mol. The van der Waals surface area contributed by atoms with Gasteiger partial charge in [0.2, 0.25) is 34.5 Å². The number of aryl methyl sites for hydroxylation is 2. The number of hydrogen-bond donors (Lipinski definition) is 5. The monoisotopic (exact) mass is 1050 g/mol. The molecule has 27 heteroatoms. The molecule has 26 nitrogen and oxygen atoms in total. The van der Waals surface area contributed by atoms with Crippen molar-refractivity contribution in [1.82, 2.24) is 63.5 Å². The molecule has 2 aromatic carbocycles. The highest BCUT2D eigenvalue weighted by Gasteiger charge is 2.32. The van der Waals surface area contributed by atoms with Crippen molar-refractivity contribution in [3.63, 3.8) is 0 Å². The van der Waals surface area contributed by atoms with E-state index in [1.165, 1.54) is 0 Å². The number of hydrogen-bond acceptors (Lipinski definition) is 20. The number of fused-ring (bicyclic) bond motifs is 2. The maximum absolute atomic E-state index is 12.0. The third kappa shape index (κ3) is 11.9. The molecule has 2 amide bonds. The minimum atomic E-state index is -0.442. The number of amides is 2. The summed E-state index contributed by atoms with van der Waals surface area (Å²) in [5, 5.41) is 9.49. The molecule has 2 aliphatic rings. The van der Waals surface area contributed by atoms with Gasteiger partial charge < -0.3 is 79.0 Å². The van der Waals surface area contributed by atoms with E-state index >= 15 is 0 Å².